The second-order valence-electron chi connectivity index (χ2n) is 7.27. The number of nitrogens with one attached hydrogen (secondary N) is 3. The van der Waals surface area contributed by atoms with Crippen LogP contribution < -0.4 is 15.4 Å². The predicted octanol–water partition coefficient (Wildman–Crippen LogP) is 1.84. The Bertz CT molecular complexity index is 524. The Hall–Kier alpha value is -0.130. The van der Waals surface area contributed by atoms with Gasteiger partial charge in [0.15, 0.2) is 5.96 Å². The molecule has 0 bridgehead atoms. The Morgan fingerprint density at radius 3 is 2.65 bits per heavy atom. The summed E-state index contributed by atoms with van der Waals surface area (Å²) in [5, 5.41) is 6.52. The molecule has 1 aliphatic heterocycles. The minimum Gasteiger partial charge on any atom is -0.377 e. The molecule has 26 heavy (non-hydrogen) atoms. The monoisotopic (exact) mass is 502 g/mol. The molecule has 0 spiro atoms. The van der Waals surface area contributed by atoms with Gasteiger partial charge in [-0.15, -0.1) is 24.0 Å². The van der Waals surface area contributed by atoms with Gasteiger partial charge in [0.25, 0.3) is 0 Å². The lowest BCUT2D eigenvalue weighted by Gasteiger charge is -2.28. The van der Waals surface area contributed by atoms with Crippen LogP contribution in [0.2, 0.25) is 0 Å². The van der Waals surface area contributed by atoms with Crippen LogP contribution >= 0.6 is 24.0 Å². The molecule has 2 aliphatic rings. The van der Waals surface area contributed by atoms with Crippen molar-refractivity contribution in [2.75, 3.05) is 32.5 Å². The molecule has 3 atom stereocenters. The van der Waals surface area contributed by atoms with Gasteiger partial charge in [-0.05, 0) is 38.0 Å². The van der Waals surface area contributed by atoms with Crippen LogP contribution in [0.15, 0.2) is 4.99 Å². The molecule has 1 aliphatic carbocycles. The zero-order valence-electron chi connectivity index (χ0n) is 16.0. The second-order valence-corrected chi connectivity index (χ2v) is 9.19. The van der Waals surface area contributed by atoms with Gasteiger partial charge in [-0.2, -0.15) is 0 Å². The highest BCUT2D eigenvalue weighted by molar-refractivity contribution is 14.0. The fourth-order valence-corrected chi connectivity index (χ4v) is 4.47. The molecule has 1 saturated heterocycles. The number of ether oxygens (including phenoxy) is 1. The predicted molar refractivity (Wildman–Crippen MR) is 117 cm³/mol. The summed E-state index contributed by atoms with van der Waals surface area (Å²) in [5.74, 6) is 1.45. The average molecular weight is 502 g/mol. The minimum absolute atomic E-state index is 0. The van der Waals surface area contributed by atoms with E-state index in [1.54, 1.807) is 7.05 Å². The molecule has 2 fully saturated rings. The third-order valence-corrected chi connectivity index (χ3v) is 6.32. The smallest absolute Gasteiger partial charge is 0.213 e. The third-order valence-electron chi connectivity index (χ3n) is 4.97. The fraction of sp³-hybridized carbons (Fsp3) is 0.941. The van der Waals surface area contributed by atoms with Crippen LogP contribution in [-0.4, -0.2) is 59.0 Å². The molecule has 0 radical (unpaired) electrons. The highest BCUT2D eigenvalue weighted by Crippen LogP contribution is 2.23. The number of sulfonamides is 1. The van der Waals surface area contributed by atoms with Gasteiger partial charge in [-0.3, -0.25) is 4.99 Å². The molecule has 1 heterocycles. The fourth-order valence-electron chi connectivity index (χ4n) is 3.52. The molecule has 2 rings (SSSR count). The molecule has 9 heteroatoms. The van der Waals surface area contributed by atoms with E-state index in [9.17, 15) is 8.42 Å². The van der Waals surface area contributed by atoms with E-state index in [0.717, 1.165) is 44.6 Å². The number of nitrogens with zero attached hydrogens (tertiary/aromatic N) is 1. The minimum atomic E-state index is -3.30. The zero-order valence-corrected chi connectivity index (χ0v) is 19.1. The Kier molecular flexibility index (Phi) is 11.4. The summed E-state index contributed by atoms with van der Waals surface area (Å²) in [6.07, 6.45) is 7.93. The Morgan fingerprint density at radius 1 is 1.19 bits per heavy atom. The quantitative estimate of drug-likeness (QED) is 0.281. The summed E-state index contributed by atoms with van der Waals surface area (Å²) >= 11 is 0. The normalized spacial score (nSPS) is 27.5. The molecule has 0 aromatic carbocycles. The van der Waals surface area contributed by atoms with Gasteiger partial charge in [-0.25, -0.2) is 13.1 Å². The van der Waals surface area contributed by atoms with Crippen LogP contribution in [0.3, 0.4) is 0 Å². The van der Waals surface area contributed by atoms with E-state index < -0.39 is 10.0 Å². The Labute approximate surface area is 175 Å². The van der Waals surface area contributed by atoms with Crippen molar-refractivity contribution in [2.45, 2.75) is 64.0 Å². The number of rotatable bonds is 7. The van der Waals surface area contributed by atoms with Crippen molar-refractivity contribution in [1.82, 2.24) is 15.4 Å². The lowest BCUT2D eigenvalue weighted by atomic mass is 9.87. The van der Waals surface area contributed by atoms with E-state index in [4.69, 9.17) is 4.74 Å². The first-order valence-corrected chi connectivity index (χ1v) is 11.2. The first-order chi connectivity index (χ1) is 12.0. The zero-order chi connectivity index (χ0) is 18.1. The number of halogens is 1. The summed E-state index contributed by atoms with van der Waals surface area (Å²) < 4.78 is 32.4. The van der Waals surface area contributed by atoms with E-state index in [-0.39, 0.29) is 35.8 Å². The highest BCUT2D eigenvalue weighted by atomic mass is 127. The van der Waals surface area contributed by atoms with Gasteiger partial charge in [0.05, 0.1) is 11.9 Å². The standard InChI is InChI=1S/C17H34N4O3S.HI/c1-14-6-5-7-15(12-14)21-17(18-2)19-9-11-25(22,23)20-13-16-8-3-4-10-24-16;/h14-16,20H,3-13H2,1-2H3,(H2,18,19,21);1H. The van der Waals surface area contributed by atoms with Crippen molar-refractivity contribution in [2.24, 2.45) is 10.9 Å². The maximum absolute atomic E-state index is 12.1. The first kappa shape index (κ1) is 23.9. The van der Waals surface area contributed by atoms with Crippen LogP contribution in [0, 0.1) is 5.92 Å². The average Bonchev–Trinajstić information content (AvgIpc) is 2.60. The summed E-state index contributed by atoms with van der Waals surface area (Å²) in [6.45, 7) is 3.71. The topological polar surface area (TPSA) is 91.8 Å². The van der Waals surface area contributed by atoms with Gasteiger partial charge >= 0.3 is 0 Å². The van der Waals surface area contributed by atoms with Crippen LogP contribution in [0.1, 0.15) is 51.9 Å². The largest absolute Gasteiger partial charge is 0.377 e. The Morgan fingerprint density at radius 2 is 2.00 bits per heavy atom. The van der Waals surface area contributed by atoms with E-state index >= 15 is 0 Å². The number of aliphatic imine (C=N–C) groups is 1. The SMILES string of the molecule is CN=C(NCCS(=O)(=O)NCC1CCCCO1)NC1CCCC(C)C1.I. The molecule has 3 unspecified atom stereocenters. The number of hydrogen-bond acceptors (Lipinski definition) is 4. The van der Waals surface area contributed by atoms with Crippen LogP contribution in [-0.2, 0) is 14.8 Å². The highest BCUT2D eigenvalue weighted by Gasteiger charge is 2.20. The van der Waals surface area contributed by atoms with Gasteiger partial charge in [0.1, 0.15) is 0 Å². The molecule has 0 aromatic heterocycles. The van der Waals surface area contributed by atoms with Crippen molar-refractivity contribution >= 4 is 40.0 Å². The Balaban J connectivity index is 0.00000338. The molecule has 0 amide bonds. The molecule has 154 valence electrons. The van der Waals surface area contributed by atoms with Crippen LogP contribution in [0.5, 0.6) is 0 Å². The summed E-state index contributed by atoms with van der Waals surface area (Å²) in [7, 11) is -1.58. The molecular formula is C17H35IN4O3S. The summed E-state index contributed by atoms with van der Waals surface area (Å²) in [6, 6.07) is 0.424. The van der Waals surface area contributed by atoms with E-state index in [1.165, 1.54) is 12.8 Å². The number of hydrogen-bond donors (Lipinski definition) is 3. The molecule has 3 N–H and O–H groups in total. The second kappa shape index (κ2) is 12.4. The summed E-state index contributed by atoms with van der Waals surface area (Å²) in [5.41, 5.74) is 0. The molecule has 7 nitrogen and oxygen atoms in total. The van der Waals surface area contributed by atoms with Crippen LogP contribution in [0.4, 0.5) is 0 Å². The molecular weight excluding hydrogens is 467 g/mol. The maximum Gasteiger partial charge on any atom is 0.213 e. The van der Waals surface area contributed by atoms with Gasteiger partial charge < -0.3 is 15.4 Å². The maximum atomic E-state index is 12.1. The first-order valence-electron chi connectivity index (χ1n) is 9.54. The third kappa shape index (κ3) is 9.18. The van der Waals surface area contributed by atoms with Gasteiger partial charge in [-0.1, -0.05) is 19.8 Å². The van der Waals surface area contributed by atoms with E-state index in [1.807, 2.05) is 0 Å². The van der Waals surface area contributed by atoms with E-state index in [2.05, 4.69) is 27.3 Å². The van der Waals surface area contributed by atoms with Crippen molar-refractivity contribution in [3.63, 3.8) is 0 Å². The number of guanidine groups is 1. The van der Waals surface area contributed by atoms with Gasteiger partial charge in [0.2, 0.25) is 10.0 Å². The molecule has 1 saturated carbocycles. The lowest BCUT2D eigenvalue weighted by molar-refractivity contribution is 0.0200. The van der Waals surface area contributed by atoms with Crippen molar-refractivity contribution in [3.05, 3.63) is 0 Å². The van der Waals surface area contributed by atoms with Crippen molar-refractivity contribution in [3.8, 4) is 0 Å². The van der Waals surface area contributed by atoms with Gasteiger partial charge in [0, 0.05) is 32.8 Å². The summed E-state index contributed by atoms with van der Waals surface area (Å²) in [4.78, 5) is 4.21. The van der Waals surface area contributed by atoms with E-state index in [0.29, 0.717) is 25.1 Å². The van der Waals surface area contributed by atoms with Crippen LogP contribution in [0.25, 0.3) is 0 Å². The lowest BCUT2D eigenvalue weighted by Crippen LogP contribution is -2.47. The van der Waals surface area contributed by atoms with Crippen molar-refractivity contribution in [1.29, 1.82) is 0 Å². The van der Waals surface area contributed by atoms with Crippen molar-refractivity contribution < 1.29 is 13.2 Å². The molecule has 0 aromatic rings.